The quantitative estimate of drug-likeness (QED) is 0.591. The predicted molar refractivity (Wildman–Crippen MR) is 131 cm³/mol. The van der Waals surface area contributed by atoms with E-state index >= 15 is 0 Å². The maximum absolute atomic E-state index is 12.6. The van der Waals surface area contributed by atoms with Crippen LogP contribution in [0.3, 0.4) is 0 Å². The summed E-state index contributed by atoms with van der Waals surface area (Å²) in [5.41, 5.74) is 1.92. The number of sulfonamides is 1. The van der Waals surface area contributed by atoms with Gasteiger partial charge in [-0.25, -0.2) is 13.1 Å². The van der Waals surface area contributed by atoms with Crippen LogP contribution in [-0.2, 0) is 21.4 Å². The standard InChI is InChI=1S/C25H33N3O5S/c1-19-5-2-3-14-28(19)18-20-6-8-21(9-7-20)27-25(29)12-13-26-34(30,31)22-10-11-23-24(17-22)33-16-4-15-32-23/h6-11,17,19,26H,2-5,12-16,18H2,1H3,(H,27,29). The Balaban J connectivity index is 1.25. The van der Waals surface area contributed by atoms with E-state index < -0.39 is 10.0 Å². The minimum atomic E-state index is -3.77. The smallest absolute Gasteiger partial charge is 0.240 e. The van der Waals surface area contributed by atoms with Crippen molar-refractivity contribution in [2.45, 2.75) is 56.5 Å². The van der Waals surface area contributed by atoms with Gasteiger partial charge in [0, 0.05) is 43.7 Å². The highest BCUT2D eigenvalue weighted by Crippen LogP contribution is 2.31. The number of rotatable bonds is 8. The summed E-state index contributed by atoms with van der Waals surface area (Å²) in [5, 5.41) is 2.83. The molecule has 0 aliphatic carbocycles. The highest BCUT2D eigenvalue weighted by atomic mass is 32.2. The molecule has 0 spiro atoms. The van der Waals surface area contributed by atoms with Gasteiger partial charge in [0.1, 0.15) is 0 Å². The van der Waals surface area contributed by atoms with Crippen LogP contribution in [0, 0.1) is 0 Å². The summed E-state index contributed by atoms with van der Waals surface area (Å²) in [6.07, 6.45) is 4.56. The molecule has 9 heteroatoms. The number of carbonyl (C=O) groups excluding carboxylic acids is 1. The van der Waals surface area contributed by atoms with Crippen LogP contribution in [-0.4, -0.2) is 51.6 Å². The van der Waals surface area contributed by atoms with E-state index in [0.29, 0.717) is 36.4 Å². The summed E-state index contributed by atoms with van der Waals surface area (Å²) in [7, 11) is -3.77. The fourth-order valence-corrected chi connectivity index (χ4v) is 5.28. The minimum absolute atomic E-state index is 0.00641. The lowest BCUT2D eigenvalue weighted by atomic mass is 10.0. The Kier molecular flexibility index (Phi) is 8.07. The molecule has 8 nitrogen and oxygen atoms in total. The van der Waals surface area contributed by atoms with E-state index in [1.54, 1.807) is 6.07 Å². The van der Waals surface area contributed by atoms with Crippen molar-refractivity contribution in [1.82, 2.24) is 9.62 Å². The van der Waals surface area contributed by atoms with E-state index in [-0.39, 0.29) is 23.8 Å². The lowest BCUT2D eigenvalue weighted by Crippen LogP contribution is -2.36. The molecular formula is C25H33N3O5S. The normalized spacial score (nSPS) is 18.8. The molecule has 4 rings (SSSR count). The van der Waals surface area contributed by atoms with Crippen molar-refractivity contribution in [3.63, 3.8) is 0 Å². The maximum Gasteiger partial charge on any atom is 0.240 e. The molecule has 2 aromatic carbocycles. The molecule has 1 fully saturated rings. The molecule has 2 aliphatic rings. The second-order valence-electron chi connectivity index (χ2n) is 8.87. The first-order valence-corrected chi connectivity index (χ1v) is 13.4. The molecule has 2 aliphatic heterocycles. The van der Waals surface area contributed by atoms with Crippen LogP contribution in [0.25, 0.3) is 0 Å². The zero-order valence-electron chi connectivity index (χ0n) is 19.6. The number of hydrogen-bond donors (Lipinski definition) is 2. The third kappa shape index (κ3) is 6.49. The van der Waals surface area contributed by atoms with Gasteiger partial charge < -0.3 is 14.8 Å². The maximum atomic E-state index is 12.6. The molecule has 1 atom stereocenters. The van der Waals surface area contributed by atoms with Gasteiger partial charge in [-0.3, -0.25) is 9.69 Å². The number of benzene rings is 2. The molecule has 0 saturated carbocycles. The number of ether oxygens (including phenoxy) is 2. The predicted octanol–water partition coefficient (Wildman–Crippen LogP) is 3.53. The Morgan fingerprint density at radius 3 is 2.56 bits per heavy atom. The number of fused-ring (bicyclic) bond motifs is 1. The van der Waals surface area contributed by atoms with Crippen molar-refractivity contribution < 1.29 is 22.7 Å². The van der Waals surface area contributed by atoms with E-state index in [9.17, 15) is 13.2 Å². The van der Waals surface area contributed by atoms with Gasteiger partial charge in [-0.1, -0.05) is 18.6 Å². The molecule has 0 radical (unpaired) electrons. The SMILES string of the molecule is CC1CCCCN1Cc1ccc(NC(=O)CCNS(=O)(=O)c2ccc3c(c2)OCCCO3)cc1. The molecule has 2 aromatic rings. The Hall–Kier alpha value is -2.62. The Morgan fingerprint density at radius 1 is 1.03 bits per heavy atom. The molecule has 0 aromatic heterocycles. The van der Waals surface area contributed by atoms with E-state index in [2.05, 4.69) is 21.9 Å². The van der Waals surface area contributed by atoms with Crippen molar-refractivity contribution in [1.29, 1.82) is 0 Å². The average Bonchev–Trinajstić information content (AvgIpc) is 3.07. The van der Waals surface area contributed by atoms with Gasteiger partial charge in [0.15, 0.2) is 11.5 Å². The summed E-state index contributed by atoms with van der Waals surface area (Å²) >= 11 is 0. The zero-order chi connectivity index (χ0) is 24.0. The number of likely N-dealkylation sites (tertiary alicyclic amines) is 1. The molecular weight excluding hydrogens is 454 g/mol. The van der Waals surface area contributed by atoms with Crippen molar-refractivity contribution in [3.8, 4) is 11.5 Å². The lowest BCUT2D eigenvalue weighted by Gasteiger charge is -2.33. The largest absolute Gasteiger partial charge is 0.490 e. The van der Waals surface area contributed by atoms with E-state index in [1.165, 1.54) is 37.0 Å². The van der Waals surface area contributed by atoms with Crippen LogP contribution in [0.2, 0.25) is 0 Å². The Labute approximate surface area is 201 Å². The van der Waals surface area contributed by atoms with Gasteiger partial charge in [-0.2, -0.15) is 0 Å². The Bertz CT molecular complexity index is 1090. The van der Waals surface area contributed by atoms with Gasteiger partial charge in [-0.15, -0.1) is 0 Å². The second-order valence-corrected chi connectivity index (χ2v) is 10.6. The lowest BCUT2D eigenvalue weighted by molar-refractivity contribution is -0.116. The number of carbonyl (C=O) groups is 1. The first kappa shape index (κ1) is 24.5. The minimum Gasteiger partial charge on any atom is -0.490 e. The van der Waals surface area contributed by atoms with Crippen molar-refractivity contribution in [2.75, 3.05) is 31.6 Å². The first-order valence-electron chi connectivity index (χ1n) is 11.9. The molecule has 1 amide bonds. The number of hydrogen-bond acceptors (Lipinski definition) is 6. The summed E-state index contributed by atoms with van der Waals surface area (Å²) in [6, 6.07) is 13.0. The molecule has 0 bridgehead atoms. The van der Waals surface area contributed by atoms with Crippen molar-refractivity contribution >= 4 is 21.6 Å². The molecule has 2 N–H and O–H groups in total. The highest BCUT2D eigenvalue weighted by Gasteiger charge is 2.20. The monoisotopic (exact) mass is 487 g/mol. The number of anilines is 1. The number of amides is 1. The topological polar surface area (TPSA) is 97.0 Å². The van der Waals surface area contributed by atoms with Crippen LogP contribution in [0.4, 0.5) is 5.69 Å². The zero-order valence-corrected chi connectivity index (χ0v) is 20.4. The van der Waals surface area contributed by atoms with E-state index in [1.807, 2.05) is 24.3 Å². The van der Waals surface area contributed by atoms with Gasteiger partial charge in [0.05, 0.1) is 18.1 Å². The van der Waals surface area contributed by atoms with Crippen molar-refractivity contribution in [3.05, 3.63) is 48.0 Å². The van der Waals surface area contributed by atoms with Gasteiger partial charge in [0.2, 0.25) is 15.9 Å². The molecule has 1 unspecified atom stereocenters. The number of nitrogens with zero attached hydrogens (tertiary/aromatic N) is 1. The Morgan fingerprint density at radius 2 is 1.79 bits per heavy atom. The van der Waals surface area contributed by atoms with Gasteiger partial charge in [0.25, 0.3) is 0 Å². The number of nitrogens with one attached hydrogen (secondary N) is 2. The average molecular weight is 488 g/mol. The van der Waals surface area contributed by atoms with E-state index in [4.69, 9.17) is 9.47 Å². The molecule has 34 heavy (non-hydrogen) atoms. The summed E-state index contributed by atoms with van der Waals surface area (Å²) in [5.74, 6) is 0.697. The van der Waals surface area contributed by atoms with Crippen LogP contribution in [0.1, 0.15) is 44.6 Å². The molecule has 2 heterocycles. The van der Waals surface area contributed by atoms with Gasteiger partial charge in [-0.05, 0) is 56.1 Å². The molecule has 184 valence electrons. The van der Waals surface area contributed by atoms with Crippen LogP contribution in [0.5, 0.6) is 11.5 Å². The van der Waals surface area contributed by atoms with Crippen LogP contribution < -0.4 is 19.5 Å². The second kappa shape index (κ2) is 11.2. The summed E-state index contributed by atoms with van der Waals surface area (Å²) < 4.78 is 38.8. The van der Waals surface area contributed by atoms with Crippen LogP contribution in [0.15, 0.2) is 47.4 Å². The number of piperidine rings is 1. The summed E-state index contributed by atoms with van der Waals surface area (Å²) in [6.45, 7) is 5.32. The summed E-state index contributed by atoms with van der Waals surface area (Å²) in [4.78, 5) is 14.9. The molecule has 1 saturated heterocycles. The third-order valence-electron chi connectivity index (χ3n) is 6.24. The van der Waals surface area contributed by atoms with Crippen molar-refractivity contribution in [2.24, 2.45) is 0 Å². The highest BCUT2D eigenvalue weighted by molar-refractivity contribution is 7.89. The fraction of sp³-hybridized carbons (Fsp3) is 0.480. The fourth-order valence-electron chi connectivity index (χ4n) is 4.24. The van der Waals surface area contributed by atoms with Gasteiger partial charge >= 0.3 is 0 Å². The first-order chi connectivity index (χ1) is 16.4. The van der Waals surface area contributed by atoms with Crippen LogP contribution >= 0.6 is 0 Å². The third-order valence-corrected chi connectivity index (χ3v) is 7.70. The van der Waals surface area contributed by atoms with E-state index in [0.717, 1.165) is 19.5 Å².